The molecule has 2 aromatic carbocycles. The van der Waals surface area contributed by atoms with Gasteiger partial charge in [-0.3, -0.25) is 0 Å². The molecule has 0 N–H and O–H groups in total. The molecule has 0 bridgehead atoms. The topological polar surface area (TPSA) is 31.6 Å². The zero-order valence-electron chi connectivity index (χ0n) is 16.2. The van der Waals surface area contributed by atoms with Crippen LogP contribution in [0.3, 0.4) is 0 Å². The minimum atomic E-state index is 0.703. The number of aryl methyl sites for hydroxylation is 2. The highest BCUT2D eigenvalue weighted by atomic mass is 16.5. The molecule has 0 amide bonds. The Morgan fingerprint density at radius 1 is 0.962 bits per heavy atom. The predicted molar refractivity (Wildman–Crippen MR) is 107 cm³/mol. The van der Waals surface area contributed by atoms with E-state index in [2.05, 4.69) is 38.9 Å². The fraction of sp³-hybridized carbons (Fsp3) is 0.391. The van der Waals surface area contributed by atoms with Crippen molar-refractivity contribution in [1.82, 2.24) is 0 Å². The van der Waals surface area contributed by atoms with Crippen molar-refractivity contribution in [2.24, 2.45) is 5.92 Å². The van der Waals surface area contributed by atoms with Gasteiger partial charge in [0.2, 0.25) is 0 Å². The third kappa shape index (κ3) is 3.51. The van der Waals surface area contributed by atoms with Crippen LogP contribution in [0.25, 0.3) is 21.9 Å². The molecule has 0 unspecified atom stereocenters. The van der Waals surface area contributed by atoms with Crippen LogP contribution in [0.15, 0.2) is 28.7 Å². The van der Waals surface area contributed by atoms with Crippen LogP contribution in [-0.4, -0.2) is 6.61 Å². The summed E-state index contributed by atoms with van der Waals surface area (Å²) in [7, 11) is 0. The molecule has 26 heavy (non-hydrogen) atoms. The van der Waals surface area contributed by atoms with Gasteiger partial charge in [0.25, 0.3) is 0 Å². The summed E-state index contributed by atoms with van der Waals surface area (Å²) in [5, 5.41) is 2.19. The van der Waals surface area contributed by atoms with Gasteiger partial charge >= 0.3 is 0 Å². The average molecular weight is 350 g/mol. The Balaban J connectivity index is 1.95. The Morgan fingerprint density at radius 2 is 1.58 bits per heavy atom. The van der Waals surface area contributed by atoms with Crippen molar-refractivity contribution in [3.8, 4) is 23.5 Å². The van der Waals surface area contributed by atoms with E-state index >= 15 is 0 Å². The smallest absolute Gasteiger partial charge is 0.146 e. The van der Waals surface area contributed by atoms with Crippen LogP contribution in [0.2, 0.25) is 0 Å². The first-order chi connectivity index (χ1) is 12.5. The molecule has 0 spiro atoms. The van der Waals surface area contributed by atoms with Gasteiger partial charge in [-0.05, 0) is 56.9 Å². The summed E-state index contributed by atoms with van der Waals surface area (Å²) in [6.45, 7) is 11.0. The van der Waals surface area contributed by atoms with Gasteiger partial charge in [-0.1, -0.05) is 19.8 Å². The summed E-state index contributed by atoms with van der Waals surface area (Å²) in [6, 6.07) is 8.11. The van der Waals surface area contributed by atoms with Crippen LogP contribution in [0.5, 0.6) is 11.5 Å². The molecule has 0 aliphatic rings. The highest BCUT2D eigenvalue weighted by Crippen LogP contribution is 2.38. The van der Waals surface area contributed by atoms with Crippen LogP contribution in [-0.2, 0) is 0 Å². The number of hydrogen-bond donors (Lipinski definition) is 0. The highest BCUT2D eigenvalue weighted by Gasteiger charge is 2.16. The quantitative estimate of drug-likeness (QED) is 0.382. The first kappa shape index (κ1) is 18.2. The SMILES string of the molecule is CC#COc1ccc2c(oc3c(C)c(OCCCC(C)C)ccc32)c1C. The molecule has 3 rings (SSSR count). The minimum absolute atomic E-state index is 0.703. The van der Waals surface area contributed by atoms with E-state index in [1.807, 2.05) is 25.1 Å². The summed E-state index contributed by atoms with van der Waals surface area (Å²) in [6.07, 6.45) is 4.89. The molecular formula is C23H26O3. The largest absolute Gasteiger partial charge is 0.493 e. The molecule has 0 radical (unpaired) electrons. The van der Waals surface area contributed by atoms with Gasteiger partial charge in [0.05, 0.1) is 6.61 Å². The number of rotatable bonds is 6. The van der Waals surface area contributed by atoms with E-state index in [-0.39, 0.29) is 0 Å². The fourth-order valence-corrected chi connectivity index (χ4v) is 3.18. The maximum Gasteiger partial charge on any atom is 0.146 e. The Morgan fingerprint density at radius 3 is 2.19 bits per heavy atom. The lowest BCUT2D eigenvalue weighted by atomic mass is 10.1. The molecule has 0 saturated heterocycles. The molecule has 0 aliphatic heterocycles. The van der Waals surface area contributed by atoms with E-state index in [4.69, 9.17) is 13.9 Å². The second kappa shape index (κ2) is 7.74. The van der Waals surface area contributed by atoms with Crippen molar-refractivity contribution < 1.29 is 13.9 Å². The lowest BCUT2D eigenvalue weighted by Gasteiger charge is -2.10. The lowest BCUT2D eigenvalue weighted by molar-refractivity contribution is 0.296. The van der Waals surface area contributed by atoms with Gasteiger partial charge in [0.1, 0.15) is 28.8 Å². The van der Waals surface area contributed by atoms with Crippen LogP contribution in [0.1, 0.15) is 44.7 Å². The predicted octanol–water partition coefficient (Wildman–Crippen LogP) is 6.38. The molecule has 3 heteroatoms. The van der Waals surface area contributed by atoms with Gasteiger partial charge in [-0.15, -0.1) is 0 Å². The standard InChI is InChI=1S/C23H26O3/c1-6-13-24-20-11-9-18-19-10-12-21(25-14-7-8-15(2)3)17(5)23(19)26-22(18)16(20)4/h9-12,15H,7-8,14H2,1-5H3. The highest BCUT2D eigenvalue weighted by molar-refractivity contribution is 6.07. The summed E-state index contributed by atoms with van der Waals surface area (Å²) in [5.74, 6) is 5.07. The minimum Gasteiger partial charge on any atom is -0.493 e. The third-order valence-electron chi connectivity index (χ3n) is 4.65. The number of ether oxygens (including phenoxy) is 2. The van der Waals surface area contributed by atoms with Crippen molar-refractivity contribution in [2.75, 3.05) is 6.61 Å². The molecule has 0 atom stereocenters. The Kier molecular flexibility index (Phi) is 5.42. The maximum absolute atomic E-state index is 6.21. The second-order valence-electron chi connectivity index (χ2n) is 7.07. The van der Waals surface area contributed by atoms with Crippen LogP contribution >= 0.6 is 0 Å². The number of benzene rings is 2. The van der Waals surface area contributed by atoms with Gasteiger partial charge in [-0.2, -0.15) is 0 Å². The molecule has 0 aliphatic carbocycles. The molecule has 1 aromatic heterocycles. The van der Waals surface area contributed by atoms with Gasteiger partial charge in [0.15, 0.2) is 0 Å². The third-order valence-corrected chi connectivity index (χ3v) is 4.65. The van der Waals surface area contributed by atoms with Crippen LogP contribution in [0, 0.1) is 31.8 Å². The summed E-state index contributed by atoms with van der Waals surface area (Å²) >= 11 is 0. The molecule has 0 saturated carbocycles. The molecule has 136 valence electrons. The fourth-order valence-electron chi connectivity index (χ4n) is 3.18. The molecular weight excluding hydrogens is 324 g/mol. The van der Waals surface area contributed by atoms with Gasteiger partial charge < -0.3 is 13.9 Å². The Labute approximate surface area is 155 Å². The summed E-state index contributed by atoms with van der Waals surface area (Å²) in [4.78, 5) is 0. The van der Waals surface area contributed by atoms with Crippen molar-refractivity contribution in [1.29, 1.82) is 0 Å². The molecule has 1 heterocycles. The van der Waals surface area contributed by atoms with E-state index in [9.17, 15) is 0 Å². The van der Waals surface area contributed by atoms with E-state index < -0.39 is 0 Å². The van der Waals surface area contributed by atoms with E-state index in [1.54, 1.807) is 6.92 Å². The summed E-state index contributed by atoms with van der Waals surface area (Å²) in [5.41, 5.74) is 3.72. The molecule has 0 fully saturated rings. The first-order valence-corrected chi connectivity index (χ1v) is 9.19. The molecule has 3 aromatic rings. The van der Waals surface area contributed by atoms with E-state index in [1.165, 1.54) is 6.42 Å². The number of furan rings is 1. The van der Waals surface area contributed by atoms with E-state index in [0.29, 0.717) is 5.92 Å². The van der Waals surface area contributed by atoms with Crippen molar-refractivity contribution in [3.63, 3.8) is 0 Å². The number of fused-ring (bicyclic) bond motifs is 3. The normalized spacial score (nSPS) is 11.0. The monoisotopic (exact) mass is 350 g/mol. The van der Waals surface area contributed by atoms with Crippen molar-refractivity contribution in [3.05, 3.63) is 35.4 Å². The van der Waals surface area contributed by atoms with Gasteiger partial charge in [0, 0.05) is 28.8 Å². The maximum atomic E-state index is 6.21. The second-order valence-corrected chi connectivity index (χ2v) is 7.07. The average Bonchev–Trinajstić information content (AvgIpc) is 3.00. The first-order valence-electron chi connectivity index (χ1n) is 9.19. The lowest BCUT2D eigenvalue weighted by Crippen LogP contribution is -2.00. The summed E-state index contributed by atoms with van der Waals surface area (Å²) < 4.78 is 17.7. The van der Waals surface area contributed by atoms with Crippen molar-refractivity contribution in [2.45, 2.75) is 47.5 Å². The number of hydrogen-bond acceptors (Lipinski definition) is 3. The zero-order chi connectivity index (χ0) is 18.7. The Hall–Kier alpha value is -2.60. The Bertz CT molecular complexity index is 983. The van der Waals surface area contributed by atoms with Crippen LogP contribution < -0.4 is 9.47 Å². The zero-order valence-corrected chi connectivity index (χ0v) is 16.2. The van der Waals surface area contributed by atoms with E-state index in [0.717, 1.165) is 57.6 Å². The van der Waals surface area contributed by atoms with Gasteiger partial charge in [-0.25, -0.2) is 0 Å². The van der Waals surface area contributed by atoms with Crippen LogP contribution in [0.4, 0.5) is 0 Å². The molecule has 3 nitrogen and oxygen atoms in total. The van der Waals surface area contributed by atoms with Crippen molar-refractivity contribution >= 4 is 21.9 Å².